The van der Waals surface area contributed by atoms with E-state index in [-0.39, 0.29) is 6.04 Å². The highest BCUT2D eigenvalue weighted by atomic mass is 16.2. The van der Waals surface area contributed by atoms with E-state index < -0.39 is 11.8 Å². The second kappa shape index (κ2) is 8.82. The van der Waals surface area contributed by atoms with E-state index in [0.717, 1.165) is 11.1 Å². The first kappa shape index (κ1) is 17.7. The Balaban J connectivity index is 1.91. The number of amides is 2. The summed E-state index contributed by atoms with van der Waals surface area (Å²) in [7, 11) is 0. The molecule has 5 nitrogen and oxygen atoms in total. The Labute approximate surface area is 142 Å². The van der Waals surface area contributed by atoms with Crippen LogP contribution in [0.3, 0.4) is 0 Å². The van der Waals surface area contributed by atoms with Crippen molar-refractivity contribution in [2.24, 2.45) is 0 Å². The molecule has 2 amide bonds. The first-order chi connectivity index (χ1) is 11.6. The Morgan fingerprint density at radius 2 is 1.79 bits per heavy atom. The van der Waals surface area contributed by atoms with Crippen molar-refractivity contribution in [1.82, 2.24) is 15.2 Å². The summed E-state index contributed by atoms with van der Waals surface area (Å²) in [6.45, 7) is 4.75. The summed E-state index contributed by atoms with van der Waals surface area (Å²) in [6.07, 6.45) is 4.15. The van der Waals surface area contributed by atoms with Gasteiger partial charge in [-0.1, -0.05) is 30.3 Å². The molecule has 1 atom stereocenters. The van der Waals surface area contributed by atoms with E-state index in [1.807, 2.05) is 56.3 Å². The monoisotopic (exact) mass is 325 g/mol. The van der Waals surface area contributed by atoms with Crippen LogP contribution in [0.25, 0.3) is 0 Å². The van der Waals surface area contributed by atoms with Gasteiger partial charge in [0, 0.05) is 25.5 Å². The SMILES string of the molecule is CCN(CCc1ccncc1)C(=O)C(=O)NC(C)c1ccccc1. The van der Waals surface area contributed by atoms with Gasteiger partial charge in [-0.3, -0.25) is 14.6 Å². The number of benzene rings is 1. The standard InChI is InChI=1S/C19H23N3O2/c1-3-22(14-11-16-9-12-20-13-10-16)19(24)18(23)21-15(2)17-7-5-4-6-8-17/h4-10,12-13,15H,3,11,14H2,1-2H3,(H,21,23). The van der Waals surface area contributed by atoms with Gasteiger partial charge in [0.1, 0.15) is 0 Å². The van der Waals surface area contributed by atoms with E-state index in [9.17, 15) is 9.59 Å². The van der Waals surface area contributed by atoms with Crippen molar-refractivity contribution in [2.75, 3.05) is 13.1 Å². The summed E-state index contributed by atoms with van der Waals surface area (Å²) in [5, 5.41) is 2.77. The van der Waals surface area contributed by atoms with Crippen LogP contribution in [0, 0.1) is 0 Å². The normalized spacial score (nSPS) is 11.6. The molecule has 1 unspecified atom stereocenters. The minimum absolute atomic E-state index is 0.207. The third kappa shape index (κ3) is 4.91. The van der Waals surface area contributed by atoms with Gasteiger partial charge in [-0.15, -0.1) is 0 Å². The molecule has 24 heavy (non-hydrogen) atoms. The Hall–Kier alpha value is -2.69. The lowest BCUT2D eigenvalue weighted by molar-refractivity contribution is -0.146. The van der Waals surface area contributed by atoms with Gasteiger partial charge in [0.05, 0.1) is 6.04 Å². The van der Waals surface area contributed by atoms with Crippen molar-refractivity contribution in [3.8, 4) is 0 Å². The third-order valence-corrected chi connectivity index (χ3v) is 3.93. The Morgan fingerprint density at radius 3 is 2.42 bits per heavy atom. The number of likely N-dealkylation sites (N-methyl/N-ethyl adjacent to an activating group) is 1. The number of carbonyl (C=O) groups is 2. The molecule has 0 fully saturated rings. The Bertz CT molecular complexity index is 659. The van der Waals surface area contributed by atoms with Crippen molar-refractivity contribution in [3.63, 3.8) is 0 Å². The molecule has 1 N–H and O–H groups in total. The van der Waals surface area contributed by atoms with Gasteiger partial charge in [-0.05, 0) is 43.5 Å². The highest BCUT2D eigenvalue weighted by Gasteiger charge is 2.22. The zero-order valence-electron chi connectivity index (χ0n) is 14.1. The lowest BCUT2D eigenvalue weighted by Crippen LogP contribution is -2.44. The maximum atomic E-state index is 12.4. The van der Waals surface area contributed by atoms with E-state index in [1.165, 1.54) is 0 Å². The van der Waals surface area contributed by atoms with Crippen LogP contribution in [0.2, 0.25) is 0 Å². The molecule has 0 spiro atoms. The van der Waals surface area contributed by atoms with Crippen LogP contribution in [-0.4, -0.2) is 34.8 Å². The van der Waals surface area contributed by atoms with Gasteiger partial charge in [0.25, 0.3) is 0 Å². The van der Waals surface area contributed by atoms with Crippen molar-refractivity contribution < 1.29 is 9.59 Å². The van der Waals surface area contributed by atoms with Crippen LogP contribution in [0.15, 0.2) is 54.9 Å². The molecule has 0 aliphatic carbocycles. The van der Waals surface area contributed by atoms with E-state index in [2.05, 4.69) is 10.3 Å². The Morgan fingerprint density at radius 1 is 1.12 bits per heavy atom. The number of pyridine rings is 1. The largest absolute Gasteiger partial charge is 0.341 e. The number of rotatable bonds is 6. The number of hydrogen-bond acceptors (Lipinski definition) is 3. The Kier molecular flexibility index (Phi) is 6.49. The molecule has 0 aliphatic heterocycles. The molecule has 0 saturated heterocycles. The lowest BCUT2D eigenvalue weighted by Gasteiger charge is -2.22. The molecule has 0 aliphatic rings. The number of nitrogens with zero attached hydrogens (tertiary/aromatic N) is 2. The molecule has 0 saturated carbocycles. The molecule has 1 aromatic carbocycles. The topological polar surface area (TPSA) is 62.3 Å². The summed E-state index contributed by atoms with van der Waals surface area (Å²) in [5.41, 5.74) is 2.06. The molecule has 0 radical (unpaired) electrons. The second-order valence-corrected chi connectivity index (χ2v) is 5.60. The molecule has 126 valence electrons. The van der Waals surface area contributed by atoms with Gasteiger partial charge in [0.2, 0.25) is 0 Å². The molecule has 5 heteroatoms. The predicted molar refractivity (Wildman–Crippen MR) is 93.2 cm³/mol. The fourth-order valence-corrected chi connectivity index (χ4v) is 2.44. The smallest absolute Gasteiger partial charge is 0.311 e. The van der Waals surface area contributed by atoms with E-state index in [0.29, 0.717) is 19.5 Å². The molecule has 1 aromatic heterocycles. The van der Waals surface area contributed by atoms with Crippen molar-refractivity contribution in [1.29, 1.82) is 0 Å². The van der Waals surface area contributed by atoms with E-state index >= 15 is 0 Å². The number of carbonyl (C=O) groups excluding carboxylic acids is 2. The van der Waals surface area contributed by atoms with Crippen molar-refractivity contribution >= 4 is 11.8 Å². The number of hydrogen-bond donors (Lipinski definition) is 1. The summed E-state index contributed by atoms with van der Waals surface area (Å²) in [6, 6.07) is 13.2. The van der Waals surface area contributed by atoms with Gasteiger partial charge < -0.3 is 10.2 Å². The third-order valence-electron chi connectivity index (χ3n) is 3.93. The fraction of sp³-hybridized carbons (Fsp3) is 0.316. The molecule has 2 rings (SSSR count). The fourth-order valence-electron chi connectivity index (χ4n) is 2.44. The van der Waals surface area contributed by atoms with Crippen LogP contribution in [0.5, 0.6) is 0 Å². The first-order valence-corrected chi connectivity index (χ1v) is 8.15. The zero-order chi connectivity index (χ0) is 17.4. The van der Waals surface area contributed by atoms with Crippen LogP contribution >= 0.6 is 0 Å². The summed E-state index contributed by atoms with van der Waals surface area (Å²) in [4.78, 5) is 30.1. The minimum Gasteiger partial charge on any atom is -0.341 e. The summed E-state index contributed by atoms with van der Waals surface area (Å²) >= 11 is 0. The molecular weight excluding hydrogens is 302 g/mol. The van der Waals surface area contributed by atoms with Gasteiger partial charge in [-0.2, -0.15) is 0 Å². The summed E-state index contributed by atoms with van der Waals surface area (Å²) in [5.74, 6) is -1.06. The van der Waals surface area contributed by atoms with Crippen LogP contribution in [0.4, 0.5) is 0 Å². The number of nitrogens with one attached hydrogen (secondary N) is 1. The maximum absolute atomic E-state index is 12.4. The molecular formula is C19H23N3O2. The second-order valence-electron chi connectivity index (χ2n) is 5.60. The average Bonchev–Trinajstić information content (AvgIpc) is 2.63. The van der Waals surface area contributed by atoms with Crippen LogP contribution in [0.1, 0.15) is 31.0 Å². The van der Waals surface area contributed by atoms with E-state index in [1.54, 1.807) is 17.3 Å². The molecule has 0 bridgehead atoms. The zero-order valence-corrected chi connectivity index (χ0v) is 14.1. The number of aromatic nitrogens is 1. The van der Waals surface area contributed by atoms with Gasteiger partial charge in [0.15, 0.2) is 0 Å². The first-order valence-electron chi connectivity index (χ1n) is 8.15. The highest BCUT2D eigenvalue weighted by molar-refractivity contribution is 6.35. The average molecular weight is 325 g/mol. The van der Waals surface area contributed by atoms with Crippen molar-refractivity contribution in [3.05, 3.63) is 66.0 Å². The van der Waals surface area contributed by atoms with Gasteiger partial charge >= 0.3 is 11.8 Å². The van der Waals surface area contributed by atoms with Gasteiger partial charge in [-0.25, -0.2) is 0 Å². The van der Waals surface area contributed by atoms with Crippen LogP contribution < -0.4 is 5.32 Å². The quantitative estimate of drug-likeness (QED) is 0.829. The minimum atomic E-state index is -0.567. The maximum Gasteiger partial charge on any atom is 0.311 e. The predicted octanol–water partition coefficient (Wildman–Crippen LogP) is 2.35. The summed E-state index contributed by atoms with van der Waals surface area (Å²) < 4.78 is 0. The van der Waals surface area contributed by atoms with E-state index in [4.69, 9.17) is 0 Å². The van der Waals surface area contributed by atoms with Crippen molar-refractivity contribution in [2.45, 2.75) is 26.3 Å². The lowest BCUT2D eigenvalue weighted by atomic mass is 10.1. The highest BCUT2D eigenvalue weighted by Crippen LogP contribution is 2.11. The molecule has 1 heterocycles. The molecule has 2 aromatic rings. The van der Waals surface area contributed by atoms with Crippen LogP contribution in [-0.2, 0) is 16.0 Å².